The molecule has 0 bridgehead atoms. The summed E-state index contributed by atoms with van der Waals surface area (Å²) in [6, 6.07) is 0. The second-order valence-electron chi connectivity index (χ2n) is 6.39. The Balaban J connectivity index is 2.59. The molecule has 1 saturated heterocycles. The van der Waals surface area contributed by atoms with E-state index in [1.165, 1.54) is 38.5 Å². The Bertz CT molecular complexity index is 224. The molecule has 0 spiro atoms. The normalized spacial score (nSPS) is 27.3. The molecule has 0 amide bonds. The average Bonchev–Trinajstić information content (AvgIpc) is 2.49. The lowest BCUT2D eigenvalue weighted by molar-refractivity contribution is -0.0336. The van der Waals surface area contributed by atoms with Crippen molar-refractivity contribution in [3.8, 4) is 0 Å². The van der Waals surface area contributed by atoms with Crippen molar-refractivity contribution in [3.63, 3.8) is 0 Å². The zero-order valence-corrected chi connectivity index (χ0v) is 12.2. The van der Waals surface area contributed by atoms with Gasteiger partial charge in [-0.2, -0.15) is 0 Å². The van der Waals surface area contributed by atoms with Gasteiger partial charge in [-0.25, -0.2) is 0 Å². The molecule has 0 aromatic rings. The molecule has 0 aliphatic carbocycles. The first kappa shape index (κ1) is 14.8. The lowest BCUT2D eigenvalue weighted by atomic mass is 9.79. The zero-order valence-electron chi connectivity index (χ0n) is 12.2. The Morgan fingerprint density at radius 2 is 2.00 bits per heavy atom. The Hall–Kier alpha value is -0.300. The van der Waals surface area contributed by atoms with Gasteiger partial charge in [-0.1, -0.05) is 59.1 Å². The molecule has 0 N–H and O–H groups in total. The highest BCUT2D eigenvalue weighted by molar-refractivity contribution is 4.96. The second kappa shape index (κ2) is 7.20. The van der Waals surface area contributed by atoms with Gasteiger partial charge in [-0.15, -0.1) is 0 Å². The fourth-order valence-electron chi connectivity index (χ4n) is 2.65. The van der Waals surface area contributed by atoms with Crippen LogP contribution in [0.5, 0.6) is 0 Å². The molecule has 0 radical (unpaired) electrons. The molecule has 1 aliphatic heterocycles. The third kappa shape index (κ3) is 5.25. The van der Waals surface area contributed by atoms with Crippen molar-refractivity contribution in [1.29, 1.82) is 0 Å². The SMILES string of the molecule is CCCC/C=C/[C@@H]1CCCCO[C@H]1C(C)(C)C. The summed E-state index contributed by atoms with van der Waals surface area (Å²) >= 11 is 0. The van der Waals surface area contributed by atoms with E-state index in [9.17, 15) is 0 Å². The van der Waals surface area contributed by atoms with E-state index in [-0.39, 0.29) is 5.41 Å². The maximum absolute atomic E-state index is 6.09. The van der Waals surface area contributed by atoms with Crippen LogP contribution in [0.1, 0.15) is 66.2 Å². The number of hydrogen-bond donors (Lipinski definition) is 0. The smallest absolute Gasteiger partial charge is 0.0685 e. The summed E-state index contributed by atoms with van der Waals surface area (Å²) in [6.45, 7) is 10.1. The number of ether oxygens (including phenoxy) is 1. The van der Waals surface area contributed by atoms with E-state index >= 15 is 0 Å². The van der Waals surface area contributed by atoms with Crippen molar-refractivity contribution < 1.29 is 4.74 Å². The molecule has 0 saturated carbocycles. The number of allylic oxidation sites excluding steroid dienone is 1. The van der Waals surface area contributed by atoms with Gasteiger partial charge in [0.25, 0.3) is 0 Å². The van der Waals surface area contributed by atoms with E-state index in [0.29, 0.717) is 12.0 Å². The van der Waals surface area contributed by atoms with Crippen LogP contribution in [0, 0.1) is 11.3 Å². The summed E-state index contributed by atoms with van der Waals surface area (Å²) in [7, 11) is 0. The summed E-state index contributed by atoms with van der Waals surface area (Å²) in [5.74, 6) is 0.620. The highest BCUT2D eigenvalue weighted by Gasteiger charge is 2.32. The first-order chi connectivity index (χ1) is 8.05. The van der Waals surface area contributed by atoms with Crippen molar-refractivity contribution in [3.05, 3.63) is 12.2 Å². The van der Waals surface area contributed by atoms with Crippen LogP contribution in [0.25, 0.3) is 0 Å². The summed E-state index contributed by atoms with van der Waals surface area (Å²) < 4.78 is 6.09. The molecule has 0 unspecified atom stereocenters. The van der Waals surface area contributed by atoms with Crippen LogP contribution in [-0.2, 0) is 4.74 Å². The fourth-order valence-corrected chi connectivity index (χ4v) is 2.65. The summed E-state index contributed by atoms with van der Waals surface area (Å²) in [6.07, 6.45) is 12.9. The number of rotatable bonds is 4. The highest BCUT2D eigenvalue weighted by atomic mass is 16.5. The quantitative estimate of drug-likeness (QED) is 0.496. The lowest BCUT2D eigenvalue weighted by Crippen LogP contribution is -2.34. The molecule has 2 atom stereocenters. The first-order valence-electron chi connectivity index (χ1n) is 7.34. The van der Waals surface area contributed by atoms with E-state index in [1.807, 2.05) is 0 Å². The van der Waals surface area contributed by atoms with E-state index < -0.39 is 0 Å². The molecule has 1 fully saturated rings. The second-order valence-corrected chi connectivity index (χ2v) is 6.39. The van der Waals surface area contributed by atoms with E-state index in [2.05, 4.69) is 39.8 Å². The Kier molecular flexibility index (Phi) is 6.26. The largest absolute Gasteiger partial charge is 0.377 e. The third-order valence-corrected chi connectivity index (χ3v) is 3.58. The van der Waals surface area contributed by atoms with Gasteiger partial charge in [0.05, 0.1) is 6.10 Å². The van der Waals surface area contributed by atoms with Crippen molar-refractivity contribution in [1.82, 2.24) is 0 Å². The van der Waals surface area contributed by atoms with Crippen LogP contribution in [0.4, 0.5) is 0 Å². The van der Waals surface area contributed by atoms with E-state index in [0.717, 1.165) is 6.61 Å². The molecular weight excluding hydrogens is 208 g/mol. The third-order valence-electron chi connectivity index (χ3n) is 3.58. The predicted octanol–water partition coefficient (Wildman–Crippen LogP) is 4.96. The minimum Gasteiger partial charge on any atom is -0.377 e. The molecular formula is C16H30O. The van der Waals surface area contributed by atoms with Crippen LogP contribution in [0.15, 0.2) is 12.2 Å². The number of unbranched alkanes of at least 4 members (excludes halogenated alkanes) is 2. The first-order valence-corrected chi connectivity index (χ1v) is 7.34. The Morgan fingerprint density at radius 1 is 1.24 bits per heavy atom. The molecule has 1 heteroatoms. The van der Waals surface area contributed by atoms with Gasteiger partial charge in [-0.05, 0) is 24.7 Å². The fraction of sp³-hybridized carbons (Fsp3) is 0.875. The molecule has 0 aromatic carbocycles. The Morgan fingerprint density at radius 3 is 2.65 bits per heavy atom. The van der Waals surface area contributed by atoms with Crippen LogP contribution in [-0.4, -0.2) is 12.7 Å². The number of hydrogen-bond acceptors (Lipinski definition) is 1. The van der Waals surface area contributed by atoms with Gasteiger partial charge >= 0.3 is 0 Å². The molecule has 1 nitrogen and oxygen atoms in total. The van der Waals surface area contributed by atoms with E-state index in [4.69, 9.17) is 4.74 Å². The molecule has 1 rings (SSSR count). The predicted molar refractivity (Wildman–Crippen MR) is 75.2 cm³/mol. The minimum absolute atomic E-state index is 0.254. The van der Waals surface area contributed by atoms with Gasteiger partial charge < -0.3 is 4.74 Å². The van der Waals surface area contributed by atoms with Crippen molar-refractivity contribution in [2.75, 3.05) is 6.61 Å². The molecule has 100 valence electrons. The standard InChI is InChI=1S/C16H30O/c1-5-6-7-8-11-14-12-9-10-13-17-15(14)16(2,3)4/h8,11,14-15H,5-7,9-10,12-13H2,1-4H3/b11-8+/t14-,15-/m1/s1. The van der Waals surface area contributed by atoms with Crippen LogP contribution in [0.2, 0.25) is 0 Å². The lowest BCUT2D eigenvalue weighted by Gasteiger charge is -2.34. The topological polar surface area (TPSA) is 9.23 Å². The van der Waals surface area contributed by atoms with E-state index in [1.54, 1.807) is 0 Å². The van der Waals surface area contributed by atoms with Gasteiger partial charge in [-0.3, -0.25) is 0 Å². The highest BCUT2D eigenvalue weighted by Crippen LogP contribution is 2.34. The summed E-state index contributed by atoms with van der Waals surface area (Å²) in [4.78, 5) is 0. The Labute approximate surface area is 108 Å². The van der Waals surface area contributed by atoms with Gasteiger partial charge in [0.1, 0.15) is 0 Å². The van der Waals surface area contributed by atoms with Crippen LogP contribution >= 0.6 is 0 Å². The van der Waals surface area contributed by atoms with Crippen LogP contribution < -0.4 is 0 Å². The average molecular weight is 238 g/mol. The summed E-state index contributed by atoms with van der Waals surface area (Å²) in [5, 5.41) is 0. The van der Waals surface area contributed by atoms with Crippen molar-refractivity contribution >= 4 is 0 Å². The summed E-state index contributed by atoms with van der Waals surface area (Å²) in [5.41, 5.74) is 0.254. The zero-order chi connectivity index (χ0) is 12.7. The maximum Gasteiger partial charge on any atom is 0.0685 e. The molecule has 0 aromatic heterocycles. The van der Waals surface area contributed by atoms with Crippen LogP contribution in [0.3, 0.4) is 0 Å². The maximum atomic E-state index is 6.09. The monoisotopic (exact) mass is 238 g/mol. The van der Waals surface area contributed by atoms with Crippen molar-refractivity contribution in [2.45, 2.75) is 72.3 Å². The molecule has 17 heavy (non-hydrogen) atoms. The van der Waals surface area contributed by atoms with Crippen molar-refractivity contribution in [2.24, 2.45) is 11.3 Å². The molecule has 1 aliphatic rings. The van der Waals surface area contributed by atoms with Gasteiger partial charge in [0, 0.05) is 12.5 Å². The molecule has 1 heterocycles. The van der Waals surface area contributed by atoms with Gasteiger partial charge in [0.2, 0.25) is 0 Å². The van der Waals surface area contributed by atoms with Gasteiger partial charge in [0.15, 0.2) is 0 Å². The minimum atomic E-state index is 0.254.